The van der Waals surface area contributed by atoms with Crippen LogP contribution >= 0.6 is 0 Å². The Kier molecular flexibility index (Phi) is 2.82. The molecule has 0 fully saturated rings. The highest BCUT2D eigenvalue weighted by molar-refractivity contribution is 5.86. The summed E-state index contributed by atoms with van der Waals surface area (Å²) in [6.45, 7) is 5.43. The van der Waals surface area contributed by atoms with Gasteiger partial charge < -0.3 is 9.74 Å². The van der Waals surface area contributed by atoms with Crippen molar-refractivity contribution >= 4 is 16.9 Å². The number of likely N-dealkylation sites (N-methyl/N-ethyl adjacent to an activating group) is 1. The quantitative estimate of drug-likeness (QED) is 0.783. The number of aromatic nitrogens is 1. The van der Waals surface area contributed by atoms with Gasteiger partial charge in [-0.25, -0.2) is 4.79 Å². The van der Waals surface area contributed by atoms with Gasteiger partial charge in [-0.2, -0.15) is 4.73 Å². The van der Waals surface area contributed by atoms with Crippen LogP contribution in [0.3, 0.4) is 0 Å². The number of hydrogen-bond donors (Lipinski definition) is 0. The lowest BCUT2D eigenvalue weighted by molar-refractivity contribution is -0.141. The Morgan fingerprint density at radius 3 is 2.89 bits per heavy atom. The molecule has 0 aliphatic carbocycles. The average molecular weight is 258 g/mol. The molecule has 0 bridgehead atoms. The normalized spacial score (nSPS) is 15.5. The molecule has 0 amide bonds. The first-order valence-corrected chi connectivity index (χ1v) is 6.56. The second kappa shape index (κ2) is 4.38. The minimum absolute atomic E-state index is 0.279. The van der Waals surface area contributed by atoms with Gasteiger partial charge in [0, 0.05) is 31.8 Å². The topological polar surface area (TPSA) is 34.5 Å². The molecule has 0 atom stereocenters. The Hall–Kier alpha value is -1.81. The molecular formula is C15H18N2O2. The van der Waals surface area contributed by atoms with Crippen LogP contribution in [0.1, 0.15) is 23.7 Å². The van der Waals surface area contributed by atoms with E-state index in [9.17, 15) is 4.79 Å². The predicted molar refractivity (Wildman–Crippen MR) is 74.0 cm³/mol. The van der Waals surface area contributed by atoms with Crippen LogP contribution in [0.25, 0.3) is 10.9 Å². The summed E-state index contributed by atoms with van der Waals surface area (Å²) < 4.78 is 1.72. The largest absolute Gasteiger partial charge is 0.337 e. The lowest BCUT2D eigenvalue weighted by Gasteiger charge is -2.23. The van der Waals surface area contributed by atoms with Gasteiger partial charge in [0.2, 0.25) is 0 Å². The zero-order valence-corrected chi connectivity index (χ0v) is 11.6. The smallest absolute Gasteiger partial charge is 0.329 e. The van der Waals surface area contributed by atoms with Crippen molar-refractivity contribution in [2.45, 2.75) is 26.8 Å². The maximum Gasteiger partial charge on any atom is 0.329 e. The molecule has 1 aromatic carbocycles. The number of carbonyl (C=O) groups is 1. The molecule has 19 heavy (non-hydrogen) atoms. The fraction of sp³-hybridized carbons (Fsp3) is 0.400. The molecule has 1 aromatic heterocycles. The van der Waals surface area contributed by atoms with Crippen LogP contribution in [0.15, 0.2) is 18.2 Å². The summed E-state index contributed by atoms with van der Waals surface area (Å²) in [5.74, 6) is -0.279. The van der Waals surface area contributed by atoms with Crippen LogP contribution in [0.2, 0.25) is 0 Å². The van der Waals surface area contributed by atoms with Crippen LogP contribution in [-0.2, 0) is 17.8 Å². The van der Waals surface area contributed by atoms with E-state index in [4.69, 9.17) is 4.84 Å². The second-order valence-electron chi connectivity index (χ2n) is 5.31. The van der Waals surface area contributed by atoms with Crippen molar-refractivity contribution in [3.8, 4) is 0 Å². The van der Waals surface area contributed by atoms with Crippen LogP contribution in [0.4, 0.5) is 0 Å². The summed E-state index contributed by atoms with van der Waals surface area (Å²) in [7, 11) is 2.12. The van der Waals surface area contributed by atoms with Crippen LogP contribution < -0.4 is 4.84 Å². The number of fused-ring (bicyclic) bond motifs is 3. The Balaban J connectivity index is 2.26. The second-order valence-corrected chi connectivity index (χ2v) is 5.31. The maximum absolute atomic E-state index is 11.3. The molecule has 4 nitrogen and oxygen atoms in total. The number of rotatable bonds is 1. The first kappa shape index (κ1) is 12.2. The molecule has 0 saturated heterocycles. The number of hydrogen-bond acceptors (Lipinski definition) is 3. The van der Waals surface area contributed by atoms with E-state index >= 15 is 0 Å². The summed E-state index contributed by atoms with van der Waals surface area (Å²) in [6, 6.07) is 6.26. The fourth-order valence-corrected chi connectivity index (χ4v) is 2.80. The van der Waals surface area contributed by atoms with E-state index in [1.165, 1.54) is 23.4 Å². The zero-order valence-electron chi connectivity index (χ0n) is 11.6. The molecule has 1 aliphatic heterocycles. The van der Waals surface area contributed by atoms with Crippen molar-refractivity contribution in [2.75, 3.05) is 13.6 Å². The van der Waals surface area contributed by atoms with Gasteiger partial charge in [0.15, 0.2) is 0 Å². The van der Waals surface area contributed by atoms with E-state index in [1.54, 1.807) is 4.73 Å². The number of nitrogens with zero attached hydrogens (tertiary/aromatic N) is 2. The molecule has 2 heterocycles. The summed E-state index contributed by atoms with van der Waals surface area (Å²) in [5, 5.41) is 1.20. The van der Waals surface area contributed by atoms with Gasteiger partial charge in [-0.3, -0.25) is 0 Å². The lowest BCUT2D eigenvalue weighted by atomic mass is 10.0. The zero-order chi connectivity index (χ0) is 13.6. The van der Waals surface area contributed by atoms with Gasteiger partial charge in [-0.05, 0) is 31.7 Å². The first-order chi connectivity index (χ1) is 9.06. The summed E-state index contributed by atoms with van der Waals surface area (Å²) in [6.07, 6.45) is 0.910. The Morgan fingerprint density at radius 1 is 1.37 bits per heavy atom. The van der Waals surface area contributed by atoms with Crippen molar-refractivity contribution in [1.29, 1.82) is 0 Å². The fourth-order valence-electron chi connectivity index (χ4n) is 2.80. The maximum atomic E-state index is 11.3. The predicted octanol–water partition coefficient (Wildman–Crippen LogP) is 1.91. The molecule has 0 N–H and O–H groups in total. The Bertz CT molecular complexity index is 658. The van der Waals surface area contributed by atoms with Crippen LogP contribution in [0, 0.1) is 6.92 Å². The summed E-state index contributed by atoms with van der Waals surface area (Å²) in [5.41, 5.74) is 4.63. The number of aryl methyl sites for hydroxylation is 1. The van der Waals surface area contributed by atoms with Gasteiger partial charge in [-0.15, -0.1) is 0 Å². The third-order valence-corrected chi connectivity index (χ3v) is 3.67. The highest BCUT2D eigenvalue weighted by Crippen LogP contribution is 2.30. The van der Waals surface area contributed by atoms with Crippen molar-refractivity contribution in [3.05, 3.63) is 35.0 Å². The minimum atomic E-state index is -0.279. The van der Waals surface area contributed by atoms with E-state index in [0.717, 1.165) is 30.7 Å². The number of benzene rings is 1. The number of carbonyl (C=O) groups excluding carboxylic acids is 1. The van der Waals surface area contributed by atoms with Crippen molar-refractivity contribution in [2.24, 2.45) is 0 Å². The van der Waals surface area contributed by atoms with Gasteiger partial charge >= 0.3 is 5.97 Å². The third kappa shape index (κ3) is 2.02. The molecule has 1 aliphatic rings. The van der Waals surface area contributed by atoms with Crippen molar-refractivity contribution in [3.63, 3.8) is 0 Å². The summed E-state index contributed by atoms with van der Waals surface area (Å²) in [4.78, 5) is 19.0. The van der Waals surface area contributed by atoms with E-state index in [0.29, 0.717) is 0 Å². The average Bonchev–Trinajstić information content (AvgIpc) is 2.62. The Labute approximate surface area is 112 Å². The Morgan fingerprint density at radius 2 is 2.16 bits per heavy atom. The molecule has 0 spiro atoms. The molecule has 0 radical (unpaired) electrons. The summed E-state index contributed by atoms with van der Waals surface area (Å²) >= 11 is 0. The van der Waals surface area contributed by atoms with E-state index in [2.05, 4.69) is 31.0 Å². The van der Waals surface area contributed by atoms with Crippen LogP contribution in [-0.4, -0.2) is 29.2 Å². The van der Waals surface area contributed by atoms with Gasteiger partial charge in [-0.1, -0.05) is 11.6 Å². The highest BCUT2D eigenvalue weighted by Gasteiger charge is 2.23. The molecule has 3 rings (SSSR count). The van der Waals surface area contributed by atoms with Gasteiger partial charge in [0.05, 0.1) is 11.2 Å². The van der Waals surface area contributed by atoms with E-state index < -0.39 is 0 Å². The standard InChI is InChI=1S/C15H18N2O2/c1-10-4-5-14-12(8-10)13-9-16(3)7-6-15(13)17(14)19-11(2)18/h4-5,8H,6-7,9H2,1-3H3. The molecule has 100 valence electrons. The highest BCUT2D eigenvalue weighted by atomic mass is 16.7. The van der Waals surface area contributed by atoms with Gasteiger partial charge in [0.1, 0.15) is 0 Å². The van der Waals surface area contributed by atoms with E-state index in [-0.39, 0.29) is 5.97 Å². The van der Waals surface area contributed by atoms with Crippen molar-refractivity contribution < 1.29 is 9.63 Å². The van der Waals surface area contributed by atoms with Gasteiger partial charge in [0.25, 0.3) is 0 Å². The molecule has 2 aromatic rings. The molecule has 0 saturated carbocycles. The van der Waals surface area contributed by atoms with E-state index in [1.807, 2.05) is 6.07 Å². The molecule has 4 heteroatoms. The molecule has 0 unspecified atom stereocenters. The minimum Gasteiger partial charge on any atom is -0.337 e. The van der Waals surface area contributed by atoms with Crippen molar-refractivity contribution in [1.82, 2.24) is 9.63 Å². The third-order valence-electron chi connectivity index (χ3n) is 3.67. The monoisotopic (exact) mass is 258 g/mol. The first-order valence-electron chi connectivity index (χ1n) is 6.56. The SMILES string of the molecule is CC(=O)On1c2c(c3cc(C)ccc31)CN(C)CC2. The lowest BCUT2D eigenvalue weighted by Crippen LogP contribution is -2.29. The molecular weight excluding hydrogens is 240 g/mol. The van der Waals surface area contributed by atoms with Crippen LogP contribution in [0.5, 0.6) is 0 Å².